The average Bonchev–Trinajstić information content (AvgIpc) is 3.18. The van der Waals surface area contributed by atoms with Gasteiger partial charge in [0.25, 0.3) is 5.92 Å². The lowest BCUT2D eigenvalue weighted by Crippen LogP contribution is -2.34. The van der Waals surface area contributed by atoms with Gasteiger partial charge in [0.05, 0.1) is 26.3 Å². The quantitative estimate of drug-likeness (QED) is 0.678. The van der Waals surface area contributed by atoms with E-state index < -0.39 is 11.3 Å². The monoisotopic (exact) mass is 390 g/mol. The number of nitrogens with zero attached hydrogens (tertiary/aromatic N) is 6. The zero-order valence-electron chi connectivity index (χ0n) is 16.0. The van der Waals surface area contributed by atoms with Gasteiger partial charge in [0, 0.05) is 30.6 Å². The molecule has 0 N–H and O–H groups in total. The number of aromatic nitrogens is 5. The molecule has 0 radical (unpaired) electrons. The Hall–Kier alpha value is -3.04. The lowest BCUT2D eigenvalue weighted by molar-refractivity contribution is -0.0642. The molecule has 1 saturated heterocycles. The summed E-state index contributed by atoms with van der Waals surface area (Å²) >= 11 is 0. The van der Waals surface area contributed by atoms with Gasteiger partial charge in [-0.3, -0.25) is 0 Å². The summed E-state index contributed by atoms with van der Waals surface area (Å²) in [6.07, 6.45) is 4.76. The number of ether oxygens (including phenoxy) is 2. The average molecular weight is 390 g/mol. The molecule has 1 aliphatic heterocycles. The van der Waals surface area contributed by atoms with Crippen molar-refractivity contribution in [1.82, 2.24) is 24.6 Å². The lowest BCUT2D eigenvalue weighted by Gasteiger charge is -2.23. The van der Waals surface area contributed by atoms with Gasteiger partial charge in [0.1, 0.15) is 11.2 Å². The number of anilines is 1. The molecule has 0 saturated carbocycles. The molecule has 1 aliphatic rings. The summed E-state index contributed by atoms with van der Waals surface area (Å²) in [5.74, 6) is -2.05. The fourth-order valence-electron chi connectivity index (χ4n) is 3.32. The van der Waals surface area contributed by atoms with E-state index in [0.29, 0.717) is 28.5 Å². The minimum absolute atomic E-state index is 0.174. The topological polar surface area (TPSA) is 77.7 Å². The van der Waals surface area contributed by atoms with Gasteiger partial charge in [-0.25, -0.2) is 23.3 Å². The molecule has 4 rings (SSSR count). The van der Waals surface area contributed by atoms with Crippen LogP contribution < -0.4 is 14.4 Å². The fraction of sp³-hybridized carbons (Fsp3) is 0.444. The highest BCUT2D eigenvalue weighted by molar-refractivity contribution is 5.77. The van der Waals surface area contributed by atoms with Crippen molar-refractivity contribution in [2.75, 3.05) is 32.2 Å². The van der Waals surface area contributed by atoms with E-state index in [0.717, 1.165) is 0 Å². The van der Waals surface area contributed by atoms with Crippen LogP contribution in [0, 0.1) is 5.41 Å². The molecule has 3 aromatic rings. The van der Waals surface area contributed by atoms with Gasteiger partial charge >= 0.3 is 6.01 Å². The Bertz CT molecular complexity index is 1020. The van der Waals surface area contributed by atoms with Crippen LogP contribution in [0.1, 0.15) is 13.8 Å². The van der Waals surface area contributed by atoms with E-state index in [4.69, 9.17) is 9.47 Å². The molecule has 0 aliphatic carbocycles. The first-order valence-electron chi connectivity index (χ1n) is 8.68. The zero-order chi connectivity index (χ0) is 20.1. The molecular formula is C18H20F2N6O2. The van der Waals surface area contributed by atoms with E-state index >= 15 is 0 Å². The highest BCUT2D eigenvalue weighted by Crippen LogP contribution is 2.45. The molecule has 0 spiro atoms. The molecule has 0 aromatic carbocycles. The summed E-state index contributed by atoms with van der Waals surface area (Å²) < 4.78 is 40.7. The standard InChI is InChI=1S/C18H20F2N6O2/c1-17(2)9-25(10-18(17,19)20)14-13-7-12(24-26(13)6-5-21-14)11-8-22-16(28-4)23-15(11)27-3/h5-8H,9-10H2,1-4H3. The first-order chi connectivity index (χ1) is 13.3. The molecule has 3 aromatic heterocycles. The maximum Gasteiger partial charge on any atom is 0.319 e. The fourth-order valence-corrected chi connectivity index (χ4v) is 3.32. The van der Waals surface area contributed by atoms with Gasteiger partial charge < -0.3 is 14.4 Å². The molecule has 1 fully saturated rings. The van der Waals surface area contributed by atoms with Crippen LogP contribution in [0.15, 0.2) is 24.7 Å². The Kier molecular flexibility index (Phi) is 4.09. The summed E-state index contributed by atoms with van der Waals surface area (Å²) in [7, 11) is 2.95. The second kappa shape index (κ2) is 6.25. The zero-order valence-corrected chi connectivity index (χ0v) is 16.0. The molecule has 0 atom stereocenters. The van der Waals surface area contributed by atoms with Crippen molar-refractivity contribution in [2.45, 2.75) is 19.8 Å². The van der Waals surface area contributed by atoms with E-state index in [2.05, 4.69) is 20.1 Å². The molecule has 10 heteroatoms. The maximum absolute atomic E-state index is 14.4. The van der Waals surface area contributed by atoms with Gasteiger partial charge in [-0.05, 0) is 6.07 Å². The van der Waals surface area contributed by atoms with Crippen molar-refractivity contribution in [1.29, 1.82) is 0 Å². The van der Waals surface area contributed by atoms with Crippen molar-refractivity contribution in [2.24, 2.45) is 5.41 Å². The van der Waals surface area contributed by atoms with Crippen molar-refractivity contribution < 1.29 is 18.3 Å². The van der Waals surface area contributed by atoms with E-state index in [-0.39, 0.29) is 19.1 Å². The van der Waals surface area contributed by atoms with Crippen LogP contribution in [0.2, 0.25) is 0 Å². The number of alkyl halides is 2. The van der Waals surface area contributed by atoms with Gasteiger partial charge in [-0.1, -0.05) is 13.8 Å². The first kappa shape index (κ1) is 18.3. The molecular weight excluding hydrogens is 370 g/mol. The predicted molar refractivity (Wildman–Crippen MR) is 98.1 cm³/mol. The molecule has 148 valence electrons. The van der Waals surface area contributed by atoms with Crippen molar-refractivity contribution in [3.05, 3.63) is 24.7 Å². The lowest BCUT2D eigenvalue weighted by atomic mass is 9.89. The van der Waals surface area contributed by atoms with Crippen LogP contribution in [0.4, 0.5) is 14.6 Å². The van der Waals surface area contributed by atoms with Gasteiger partial charge in [0.15, 0.2) is 5.82 Å². The van der Waals surface area contributed by atoms with Crippen molar-refractivity contribution in [3.63, 3.8) is 0 Å². The summed E-state index contributed by atoms with van der Waals surface area (Å²) in [5.41, 5.74) is 0.574. The van der Waals surface area contributed by atoms with Crippen molar-refractivity contribution >= 4 is 11.3 Å². The van der Waals surface area contributed by atoms with Crippen LogP contribution in [-0.4, -0.2) is 57.8 Å². The van der Waals surface area contributed by atoms with Crippen LogP contribution in [0.5, 0.6) is 11.9 Å². The molecule has 0 bridgehead atoms. The van der Waals surface area contributed by atoms with Crippen LogP contribution in [0.3, 0.4) is 0 Å². The first-order valence-corrected chi connectivity index (χ1v) is 8.68. The minimum Gasteiger partial charge on any atom is -0.480 e. The number of halogens is 2. The second-order valence-electron chi connectivity index (χ2n) is 7.33. The Balaban J connectivity index is 1.79. The Morgan fingerprint density at radius 2 is 1.89 bits per heavy atom. The van der Waals surface area contributed by atoms with Gasteiger partial charge in [-0.15, -0.1) is 0 Å². The summed E-state index contributed by atoms with van der Waals surface area (Å²) in [6.45, 7) is 2.94. The third-order valence-corrected chi connectivity index (χ3v) is 5.02. The summed E-state index contributed by atoms with van der Waals surface area (Å²) in [4.78, 5) is 14.2. The molecule has 8 nitrogen and oxygen atoms in total. The molecule has 28 heavy (non-hydrogen) atoms. The number of rotatable bonds is 4. The van der Waals surface area contributed by atoms with E-state index in [1.54, 1.807) is 47.9 Å². The molecule has 0 amide bonds. The second-order valence-corrected chi connectivity index (χ2v) is 7.33. The number of fused-ring (bicyclic) bond motifs is 1. The van der Waals surface area contributed by atoms with Crippen molar-refractivity contribution in [3.8, 4) is 23.1 Å². The van der Waals surface area contributed by atoms with Gasteiger partial charge in [0.2, 0.25) is 5.88 Å². The highest BCUT2D eigenvalue weighted by Gasteiger charge is 2.54. The number of hydrogen-bond acceptors (Lipinski definition) is 7. The normalized spacial score (nSPS) is 17.9. The Labute approximate surface area is 160 Å². The van der Waals surface area contributed by atoms with Crippen LogP contribution in [0.25, 0.3) is 16.8 Å². The SMILES string of the molecule is COc1ncc(-c2cc3c(N4CC(C)(C)C(F)(F)C4)nccn3n2)c(OC)n1. The minimum atomic E-state index is -2.81. The van der Waals surface area contributed by atoms with E-state index in [1.165, 1.54) is 14.2 Å². The van der Waals surface area contributed by atoms with Gasteiger partial charge in [-0.2, -0.15) is 10.1 Å². The maximum atomic E-state index is 14.4. The van der Waals surface area contributed by atoms with Crippen LogP contribution >= 0.6 is 0 Å². The van der Waals surface area contributed by atoms with Crippen LogP contribution in [-0.2, 0) is 0 Å². The van der Waals surface area contributed by atoms with E-state index in [9.17, 15) is 8.78 Å². The third kappa shape index (κ3) is 2.79. The third-order valence-electron chi connectivity index (χ3n) is 5.02. The number of methoxy groups -OCH3 is 2. The Morgan fingerprint density at radius 3 is 2.54 bits per heavy atom. The predicted octanol–water partition coefficient (Wildman–Crippen LogP) is 2.68. The highest BCUT2D eigenvalue weighted by atomic mass is 19.3. The van der Waals surface area contributed by atoms with E-state index in [1.807, 2.05) is 0 Å². The Morgan fingerprint density at radius 1 is 1.11 bits per heavy atom. The summed E-state index contributed by atoms with van der Waals surface area (Å²) in [6, 6.07) is 1.94. The smallest absolute Gasteiger partial charge is 0.319 e. The number of hydrogen-bond donors (Lipinski definition) is 0. The molecule has 0 unspecified atom stereocenters. The summed E-state index contributed by atoms with van der Waals surface area (Å²) in [5, 5.41) is 4.51. The largest absolute Gasteiger partial charge is 0.480 e. The molecule has 4 heterocycles.